The van der Waals surface area contributed by atoms with Crippen LogP contribution in [0.25, 0.3) is 22.3 Å². The smallest absolute Gasteiger partial charge is 0.206 e. The van der Waals surface area contributed by atoms with Crippen LogP contribution in [0.1, 0.15) is 5.56 Å². The molecule has 0 amide bonds. The second-order valence-corrected chi connectivity index (χ2v) is 5.88. The lowest BCUT2D eigenvalue weighted by molar-refractivity contribution is 0.415. The Kier molecular flexibility index (Phi) is 3.71. The number of methoxy groups -OCH3 is 1. The average Bonchev–Trinajstić information content (AvgIpc) is 2.51. The second-order valence-electron chi connectivity index (χ2n) is 4.80. The summed E-state index contributed by atoms with van der Waals surface area (Å²) < 4.78 is 11.7. The predicted molar refractivity (Wildman–Crippen MR) is 91.9 cm³/mol. The Morgan fingerprint density at radius 3 is 2.48 bits per heavy atom. The molecule has 0 saturated heterocycles. The van der Waals surface area contributed by atoms with Gasteiger partial charge in [-0.05, 0) is 65.9 Å². The van der Waals surface area contributed by atoms with Crippen LogP contribution in [0.15, 0.2) is 51.7 Å². The fraction of sp³-hybridized carbons (Fsp3) is 0.118. The molecule has 0 aliphatic heterocycles. The molecular weight excluding hydrogens is 379 g/mol. The number of benzene rings is 2. The van der Waals surface area contributed by atoms with Gasteiger partial charge in [0.2, 0.25) is 5.43 Å². The van der Waals surface area contributed by atoms with E-state index in [0.717, 1.165) is 16.9 Å². The van der Waals surface area contributed by atoms with E-state index in [1.807, 2.05) is 72.0 Å². The van der Waals surface area contributed by atoms with Crippen molar-refractivity contribution in [2.45, 2.75) is 6.92 Å². The van der Waals surface area contributed by atoms with Gasteiger partial charge in [0.25, 0.3) is 0 Å². The van der Waals surface area contributed by atoms with Gasteiger partial charge in [0.1, 0.15) is 14.9 Å². The highest BCUT2D eigenvalue weighted by Gasteiger charge is 2.14. The summed E-state index contributed by atoms with van der Waals surface area (Å²) in [6.45, 7) is 1.96. The maximum Gasteiger partial charge on any atom is 0.206 e. The summed E-state index contributed by atoms with van der Waals surface area (Å²) in [7, 11) is 1.62. The lowest BCUT2D eigenvalue weighted by Crippen LogP contribution is -2.07. The maximum absolute atomic E-state index is 12.5. The molecule has 0 fully saturated rings. The molecule has 1 heterocycles. The highest BCUT2D eigenvalue weighted by Crippen LogP contribution is 2.28. The highest BCUT2D eigenvalue weighted by atomic mass is 127. The first kappa shape index (κ1) is 14.1. The average molecular weight is 392 g/mol. The van der Waals surface area contributed by atoms with Crippen molar-refractivity contribution in [2.24, 2.45) is 0 Å². The summed E-state index contributed by atoms with van der Waals surface area (Å²) >= 11 is 2.05. The van der Waals surface area contributed by atoms with Crippen molar-refractivity contribution in [2.75, 3.05) is 7.11 Å². The quantitative estimate of drug-likeness (QED) is 0.608. The van der Waals surface area contributed by atoms with Gasteiger partial charge in [0, 0.05) is 5.56 Å². The minimum Gasteiger partial charge on any atom is -0.497 e. The standard InChI is InChI=1S/C17H13IO3/c1-10-3-8-14-13(9-10)16(19)15(18)17(21-14)11-4-6-12(20-2)7-5-11/h3-9H,1-2H3. The molecule has 0 N–H and O–H groups in total. The second kappa shape index (κ2) is 5.52. The number of hydrogen-bond acceptors (Lipinski definition) is 3. The summed E-state index contributed by atoms with van der Waals surface area (Å²) in [6, 6.07) is 13.1. The van der Waals surface area contributed by atoms with Crippen molar-refractivity contribution in [1.29, 1.82) is 0 Å². The van der Waals surface area contributed by atoms with E-state index in [2.05, 4.69) is 0 Å². The fourth-order valence-electron chi connectivity index (χ4n) is 2.21. The Bertz CT molecular complexity index is 864. The van der Waals surface area contributed by atoms with Gasteiger partial charge < -0.3 is 9.15 Å². The normalized spacial score (nSPS) is 10.8. The number of rotatable bonds is 2. The van der Waals surface area contributed by atoms with Gasteiger partial charge in [0.15, 0.2) is 5.76 Å². The molecule has 21 heavy (non-hydrogen) atoms. The van der Waals surface area contributed by atoms with Gasteiger partial charge >= 0.3 is 0 Å². The van der Waals surface area contributed by atoms with E-state index < -0.39 is 0 Å². The topological polar surface area (TPSA) is 39.4 Å². The van der Waals surface area contributed by atoms with Gasteiger partial charge in [-0.3, -0.25) is 4.79 Å². The van der Waals surface area contributed by atoms with E-state index in [1.54, 1.807) is 7.11 Å². The van der Waals surface area contributed by atoms with Gasteiger partial charge in [-0.25, -0.2) is 0 Å². The zero-order chi connectivity index (χ0) is 15.0. The summed E-state index contributed by atoms with van der Waals surface area (Å²) in [6.07, 6.45) is 0. The molecule has 0 saturated carbocycles. The summed E-state index contributed by atoms with van der Waals surface area (Å²) in [5, 5.41) is 0.622. The Balaban J connectivity index is 2.25. The summed E-state index contributed by atoms with van der Waals surface area (Å²) in [5.74, 6) is 1.37. The number of halogens is 1. The van der Waals surface area contributed by atoms with Gasteiger partial charge in [0.05, 0.1) is 12.5 Å². The largest absolute Gasteiger partial charge is 0.497 e. The lowest BCUT2D eigenvalue weighted by Gasteiger charge is -2.07. The van der Waals surface area contributed by atoms with Crippen molar-refractivity contribution in [3.63, 3.8) is 0 Å². The predicted octanol–water partition coefficient (Wildman–Crippen LogP) is 4.38. The van der Waals surface area contributed by atoms with E-state index in [1.165, 1.54) is 0 Å². The first-order valence-corrected chi connectivity index (χ1v) is 7.55. The van der Waals surface area contributed by atoms with Crippen molar-refractivity contribution in [3.05, 3.63) is 61.8 Å². The van der Waals surface area contributed by atoms with Crippen LogP contribution in [0.2, 0.25) is 0 Å². The van der Waals surface area contributed by atoms with E-state index in [9.17, 15) is 4.79 Å². The maximum atomic E-state index is 12.5. The molecule has 4 heteroatoms. The van der Waals surface area contributed by atoms with Gasteiger partial charge in [-0.2, -0.15) is 0 Å². The van der Waals surface area contributed by atoms with Crippen LogP contribution in [0.3, 0.4) is 0 Å². The summed E-state index contributed by atoms with van der Waals surface area (Å²) in [5.41, 5.74) is 2.52. The molecule has 3 aromatic rings. The molecule has 0 aliphatic rings. The molecule has 0 bridgehead atoms. The lowest BCUT2D eigenvalue weighted by atomic mass is 10.1. The van der Waals surface area contributed by atoms with Crippen LogP contribution in [0, 0.1) is 10.5 Å². The van der Waals surface area contributed by atoms with Crippen LogP contribution >= 0.6 is 22.6 Å². The van der Waals surface area contributed by atoms with Crippen molar-refractivity contribution >= 4 is 33.6 Å². The molecule has 3 rings (SSSR count). The molecule has 0 unspecified atom stereocenters. The Morgan fingerprint density at radius 2 is 1.81 bits per heavy atom. The van der Waals surface area contributed by atoms with E-state index in [-0.39, 0.29) is 5.43 Å². The Morgan fingerprint density at radius 1 is 1.10 bits per heavy atom. The number of fused-ring (bicyclic) bond motifs is 1. The van der Waals surface area contributed by atoms with Crippen LogP contribution in [-0.2, 0) is 0 Å². The van der Waals surface area contributed by atoms with Crippen molar-refractivity contribution in [3.8, 4) is 17.1 Å². The SMILES string of the molecule is COc1ccc(-c2oc3ccc(C)cc3c(=O)c2I)cc1. The number of ether oxygens (including phenoxy) is 1. The van der Waals surface area contributed by atoms with E-state index >= 15 is 0 Å². The van der Waals surface area contributed by atoms with Crippen molar-refractivity contribution < 1.29 is 9.15 Å². The Labute approximate surface area is 135 Å². The third-order valence-electron chi connectivity index (χ3n) is 3.34. The van der Waals surface area contributed by atoms with Crippen LogP contribution in [-0.4, -0.2) is 7.11 Å². The molecule has 106 valence electrons. The van der Waals surface area contributed by atoms with Crippen molar-refractivity contribution in [1.82, 2.24) is 0 Å². The first-order valence-electron chi connectivity index (χ1n) is 6.47. The van der Waals surface area contributed by atoms with Crippen LogP contribution in [0.4, 0.5) is 0 Å². The summed E-state index contributed by atoms with van der Waals surface area (Å²) in [4.78, 5) is 12.5. The third kappa shape index (κ3) is 2.55. The molecule has 0 aliphatic carbocycles. The number of aryl methyl sites for hydroxylation is 1. The third-order valence-corrected chi connectivity index (χ3v) is 4.32. The highest BCUT2D eigenvalue weighted by molar-refractivity contribution is 14.1. The zero-order valence-electron chi connectivity index (χ0n) is 11.6. The van der Waals surface area contributed by atoms with Crippen LogP contribution < -0.4 is 10.2 Å². The minimum absolute atomic E-state index is 0.00590. The van der Waals surface area contributed by atoms with Crippen LogP contribution in [0.5, 0.6) is 5.75 Å². The zero-order valence-corrected chi connectivity index (χ0v) is 13.8. The molecule has 0 spiro atoms. The first-order chi connectivity index (χ1) is 10.1. The Hall–Kier alpha value is -1.82. The minimum atomic E-state index is 0.00590. The van der Waals surface area contributed by atoms with Gasteiger partial charge in [-0.15, -0.1) is 0 Å². The number of hydrogen-bond donors (Lipinski definition) is 0. The van der Waals surface area contributed by atoms with E-state index in [4.69, 9.17) is 9.15 Å². The van der Waals surface area contributed by atoms with E-state index in [0.29, 0.717) is 20.3 Å². The molecule has 0 atom stereocenters. The van der Waals surface area contributed by atoms with Gasteiger partial charge in [-0.1, -0.05) is 11.6 Å². The molecule has 1 aromatic heterocycles. The monoisotopic (exact) mass is 392 g/mol. The fourth-order valence-corrected chi connectivity index (χ4v) is 2.93. The molecular formula is C17H13IO3. The molecule has 3 nitrogen and oxygen atoms in total. The molecule has 2 aromatic carbocycles. The molecule has 0 radical (unpaired) electrons.